The van der Waals surface area contributed by atoms with Gasteiger partial charge in [-0.05, 0) is 56.2 Å². The number of nitrogens with one attached hydrogen (secondary N) is 2. The van der Waals surface area contributed by atoms with E-state index in [0.717, 1.165) is 17.0 Å². The molecule has 33 heavy (non-hydrogen) atoms. The monoisotopic (exact) mass is 444 g/mol. The van der Waals surface area contributed by atoms with Gasteiger partial charge < -0.3 is 10.6 Å². The Labute approximate surface area is 191 Å². The van der Waals surface area contributed by atoms with Gasteiger partial charge in [-0.25, -0.2) is 14.1 Å². The molecule has 7 nitrogen and oxygen atoms in total. The number of anilines is 2. The molecule has 2 N–H and O–H groups in total. The minimum absolute atomic E-state index is 0.0284. The van der Waals surface area contributed by atoms with Crippen molar-refractivity contribution in [1.29, 1.82) is 0 Å². The van der Waals surface area contributed by atoms with Crippen LogP contribution < -0.4 is 10.6 Å². The van der Waals surface area contributed by atoms with Crippen molar-refractivity contribution >= 4 is 17.4 Å². The molecule has 1 atom stereocenters. The number of halogens is 1. The highest BCUT2D eigenvalue weighted by atomic mass is 19.1. The van der Waals surface area contributed by atoms with Gasteiger partial charge in [-0.15, -0.1) is 0 Å². The van der Waals surface area contributed by atoms with Gasteiger partial charge in [0.15, 0.2) is 5.82 Å². The number of carbonyl (C=O) groups is 1. The van der Waals surface area contributed by atoms with E-state index in [9.17, 15) is 9.18 Å². The molecule has 0 spiro atoms. The zero-order valence-corrected chi connectivity index (χ0v) is 18.7. The second-order valence-electron chi connectivity index (χ2n) is 7.91. The molecule has 1 unspecified atom stereocenters. The highest BCUT2D eigenvalue weighted by molar-refractivity contribution is 5.92. The molecular formula is C25H25FN6O. The fraction of sp³-hybridized carbons (Fsp3) is 0.200. The Hall–Kier alpha value is -4.07. The lowest BCUT2D eigenvalue weighted by Gasteiger charge is -2.16. The average Bonchev–Trinajstić information content (AvgIpc) is 3.13. The Bertz CT molecular complexity index is 1290. The van der Waals surface area contributed by atoms with Crippen LogP contribution in [0, 0.1) is 19.7 Å². The van der Waals surface area contributed by atoms with Gasteiger partial charge in [-0.1, -0.05) is 30.3 Å². The number of aromatic nitrogens is 4. The maximum Gasteiger partial charge on any atom is 0.228 e. The molecular weight excluding hydrogens is 419 g/mol. The Morgan fingerprint density at radius 2 is 1.91 bits per heavy atom. The predicted octanol–water partition coefficient (Wildman–Crippen LogP) is 4.77. The molecule has 0 aliphatic heterocycles. The molecule has 2 aromatic heterocycles. The van der Waals surface area contributed by atoms with E-state index in [1.165, 1.54) is 6.07 Å². The standard InChI is InChI=1S/C25H25FN6O/c1-16-11-17(2)32(31-16)24-15-27-14-23(30-24)28-18(3)19-8-6-9-21(12-19)29-25(33)13-20-7-4-5-10-22(20)26/h4-12,14-15,18H,13H2,1-3H3,(H,28,30)(H,29,33). The van der Waals surface area contributed by atoms with Crippen LogP contribution in [-0.4, -0.2) is 25.7 Å². The summed E-state index contributed by atoms with van der Waals surface area (Å²) in [7, 11) is 0. The van der Waals surface area contributed by atoms with Gasteiger partial charge in [-0.3, -0.25) is 9.78 Å². The third-order valence-corrected chi connectivity index (χ3v) is 5.19. The first-order valence-electron chi connectivity index (χ1n) is 10.6. The van der Waals surface area contributed by atoms with Crippen molar-refractivity contribution in [1.82, 2.24) is 19.7 Å². The van der Waals surface area contributed by atoms with Gasteiger partial charge in [0, 0.05) is 11.4 Å². The number of benzene rings is 2. The van der Waals surface area contributed by atoms with Gasteiger partial charge in [0.25, 0.3) is 0 Å². The van der Waals surface area contributed by atoms with E-state index in [4.69, 9.17) is 0 Å². The van der Waals surface area contributed by atoms with Crippen molar-refractivity contribution in [2.45, 2.75) is 33.2 Å². The second-order valence-corrected chi connectivity index (χ2v) is 7.91. The summed E-state index contributed by atoms with van der Waals surface area (Å²) >= 11 is 0. The van der Waals surface area contributed by atoms with Crippen LogP contribution in [0.2, 0.25) is 0 Å². The molecule has 0 radical (unpaired) electrons. The molecule has 4 rings (SSSR count). The van der Waals surface area contributed by atoms with Crippen LogP contribution in [0.3, 0.4) is 0 Å². The fourth-order valence-electron chi connectivity index (χ4n) is 3.60. The number of carbonyl (C=O) groups excluding carboxylic acids is 1. The molecule has 2 heterocycles. The summed E-state index contributed by atoms with van der Waals surface area (Å²) in [6, 6.07) is 15.7. The largest absolute Gasteiger partial charge is 0.362 e. The van der Waals surface area contributed by atoms with Crippen molar-refractivity contribution in [3.8, 4) is 5.82 Å². The minimum atomic E-state index is -0.386. The van der Waals surface area contributed by atoms with Crippen LogP contribution in [0.25, 0.3) is 5.82 Å². The zero-order chi connectivity index (χ0) is 23.4. The molecule has 0 fully saturated rings. The van der Waals surface area contributed by atoms with E-state index in [1.54, 1.807) is 41.3 Å². The summed E-state index contributed by atoms with van der Waals surface area (Å²) in [5.74, 6) is 0.581. The number of hydrogen-bond donors (Lipinski definition) is 2. The third-order valence-electron chi connectivity index (χ3n) is 5.19. The molecule has 0 aliphatic carbocycles. The molecule has 0 aliphatic rings. The molecule has 4 aromatic rings. The van der Waals surface area contributed by atoms with Crippen LogP contribution in [0.1, 0.15) is 35.5 Å². The SMILES string of the molecule is Cc1cc(C)n(-c2cncc(NC(C)c3cccc(NC(=O)Cc4ccccc4F)c3)n2)n1. The van der Waals surface area contributed by atoms with Crippen molar-refractivity contribution in [3.05, 3.63) is 95.3 Å². The van der Waals surface area contributed by atoms with Crippen molar-refractivity contribution < 1.29 is 9.18 Å². The number of aryl methyl sites for hydroxylation is 2. The summed E-state index contributed by atoms with van der Waals surface area (Å²) in [6.07, 6.45) is 3.30. The third kappa shape index (κ3) is 5.41. The Morgan fingerprint density at radius 3 is 2.67 bits per heavy atom. The summed E-state index contributed by atoms with van der Waals surface area (Å²) in [5, 5.41) is 10.6. The van der Waals surface area contributed by atoms with E-state index in [2.05, 4.69) is 25.7 Å². The fourth-order valence-corrected chi connectivity index (χ4v) is 3.60. The Morgan fingerprint density at radius 1 is 1.09 bits per heavy atom. The van der Waals surface area contributed by atoms with E-state index >= 15 is 0 Å². The maximum atomic E-state index is 13.8. The Balaban J connectivity index is 1.44. The quantitative estimate of drug-likeness (QED) is 0.429. The van der Waals surface area contributed by atoms with Gasteiger partial charge in [0.05, 0.1) is 30.6 Å². The lowest BCUT2D eigenvalue weighted by atomic mass is 10.1. The number of rotatable bonds is 7. The van der Waals surface area contributed by atoms with Gasteiger partial charge in [0.2, 0.25) is 5.91 Å². The molecule has 0 bridgehead atoms. The first-order chi connectivity index (χ1) is 15.9. The average molecular weight is 445 g/mol. The van der Waals surface area contributed by atoms with Gasteiger partial charge in [-0.2, -0.15) is 5.10 Å². The molecule has 2 aromatic carbocycles. The van der Waals surface area contributed by atoms with E-state index in [1.807, 2.05) is 45.0 Å². The van der Waals surface area contributed by atoms with E-state index < -0.39 is 0 Å². The van der Waals surface area contributed by atoms with Crippen molar-refractivity contribution in [2.24, 2.45) is 0 Å². The summed E-state index contributed by atoms with van der Waals surface area (Å²) in [5.41, 5.74) is 3.85. The first kappa shape index (κ1) is 22.1. The molecule has 168 valence electrons. The zero-order valence-electron chi connectivity index (χ0n) is 18.7. The molecule has 8 heteroatoms. The number of amides is 1. The van der Waals surface area contributed by atoms with E-state index in [-0.39, 0.29) is 24.2 Å². The summed E-state index contributed by atoms with van der Waals surface area (Å²) in [6.45, 7) is 5.90. The van der Waals surface area contributed by atoms with E-state index in [0.29, 0.717) is 22.9 Å². The smallest absolute Gasteiger partial charge is 0.228 e. The molecule has 0 saturated carbocycles. The van der Waals surface area contributed by atoms with Crippen LogP contribution in [-0.2, 0) is 11.2 Å². The summed E-state index contributed by atoms with van der Waals surface area (Å²) in [4.78, 5) is 21.3. The lowest BCUT2D eigenvalue weighted by Crippen LogP contribution is -2.16. The second kappa shape index (κ2) is 9.60. The number of hydrogen-bond acceptors (Lipinski definition) is 5. The first-order valence-corrected chi connectivity index (χ1v) is 10.6. The Kier molecular flexibility index (Phi) is 6.44. The summed E-state index contributed by atoms with van der Waals surface area (Å²) < 4.78 is 15.6. The van der Waals surface area contributed by atoms with Crippen LogP contribution >= 0.6 is 0 Å². The molecule has 0 saturated heterocycles. The van der Waals surface area contributed by atoms with Crippen molar-refractivity contribution in [2.75, 3.05) is 10.6 Å². The molecule has 1 amide bonds. The highest BCUT2D eigenvalue weighted by Gasteiger charge is 2.12. The normalized spacial score (nSPS) is 11.8. The minimum Gasteiger partial charge on any atom is -0.362 e. The predicted molar refractivity (Wildman–Crippen MR) is 126 cm³/mol. The van der Waals surface area contributed by atoms with Gasteiger partial charge >= 0.3 is 0 Å². The maximum absolute atomic E-state index is 13.8. The highest BCUT2D eigenvalue weighted by Crippen LogP contribution is 2.22. The van der Waals surface area contributed by atoms with Crippen LogP contribution in [0.15, 0.2) is 67.0 Å². The number of nitrogens with zero attached hydrogens (tertiary/aromatic N) is 4. The topological polar surface area (TPSA) is 84.7 Å². The van der Waals surface area contributed by atoms with Crippen LogP contribution in [0.5, 0.6) is 0 Å². The van der Waals surface area contributed by atoms with Gasteiger partial charge in [0.1, 0.15) is 11.6 Å². The van der Waals surface area contributed by atoms with Crippen LogP contribution in [0.4, 0.5) is 15.9 Å². The van der Waals surface area contributed by atoms with Crippen molar-refractivity contribution in [3.63, 3.8) is 0 Å². The lowest BCUT2D eigenvalue weighted by molar-refractivity contribution is -0.115.